The molecule has 0 spiro atoms. The highest BCUT2D eigenvalue weighted by atomic mass is 35.5. The van der Waals surface area contributed by atoms with Crippen LogP contribution in [0.15, 0.2) is 48.5 Å². The molecule has 0 saturated heterocycles. The van der Waals surface area contributed by atoms with Gasteiger partial charge in [0.05, 0.1) is 0 Å². The van der Waals surface area contributed by atoms with Crippen molar-refractivity contribution in [2.75, 3.05) is 25.0 Å². The van der Waals surface area contributed by atoms with Crippen LogP contribution in [-0.2, 0) is 0 Å². The van der Waals surface area contributed by atoms with E-state index >= 15 is 0 Å². The summed E-state index contributed by atoms with van der Waals surface area (Å²) in [7, 11) is 0. The van der Waals surface area contributed by atoms with E-state index in [0.29, 0.717) is 6.04 Å². The van der Waals surface area contributed by atoms with Crippen molar-refractivity contribution < 1.29 is 0 Å². The molecule has 0 heterocycles. The lowest BCUT2D eigenvalue weighted by Crippen LogP contribution is -2.25. The van der Waals surface area contributed by atoms with Gasteiger partial charge in [0.1, 0.15) is 0 Å². The number of nitrogens with zero attached hydrogens (tertiary/aromatic N) is 1. The minimum absolute atomic E-state index is 0.456. The van der Waals surface area contributed by atoms with Crippen LogP contribution in [0.25, 0.3) is 0 Å². The molecule has 1 N–H and O–H groups in total. The third-order valence-corrected chi connectivity index (χ3v) is 3.96. The maximum absolute atomic E-state index is 6.04. The second-order valence-electron chi connectivity index (χ2n) is 5.49. The van der Waals surface area contributed by atoms with Gasteiger partial charge in [0.25, 0.3) is 0 Å². The van der Waals surface area contributed by atoms with Crippen LogP contribution in [0.5, 0.6) is 0 Å². The molecule has 0 amide bonds. The van der Waals surface area contributed by atoms with Gasteiger partial charge in [-0.25, -0.2) is 0 Å². The van der Waals surface area contributed by atoms with Crippen molar-refractivity contribution in [2.45, 2.75) is 39.7 Å². The molecule has 0 radical (unpaired) electrons. The number of hydrogen-bond acceptors (Lipinski definition) is 2. The van der Waals surface area contributed by atoms with Crippen LogP contribution in [0.4, 0.5) is 5.69 Å². The molecule has 1 aromatic rings. The maximum atomic E-state index is 6.04. The minimum Gasteiger partial charge on any atom is -0.383 e. The quantitative estimate of drug-likeness (QED) is 0.691. The zero-order valence-corrected chi connectivity index (χ0v) is 14.8. The predicted octanol–water partition coefficient (Wildman–Crippen LogP) is 5.39. The van der Waals surface area contributed by atoms with E-state index in [1.165, 1.54) is 19.4 Å². The summed E-state index contributed by atoms with van der Waals surface area (Å²) in [6, 6.07) is 16.3. The van der Waals surface area contributed by atoms with Gasteiger partial charge < -0.3 is 10.2 Å². The first-order valence-corrected chi connectivity index (χ1v) is 8.61. The molecule has 2 nitrogen and oxygen atoms in total. The largest absolute Gasteiger partial charge is 0.383 e. The van der Waals surface area contributed by atoms with Gasteiger partial charge in [0.2, 0.25) is 0 Å². The number of hydrogen-bond donors (Lipinski definition) is 1. The van der Waals surface area contributed by atoms with Crippen LogP contribution in [0.3, 0.4) is 0 Å². The molecule has 1 atom stereocenters. The van der Waals surface area contributed by atoms with Gasteiger partial charge in [0, 0.05) is 16.8 Å². The first-order valence-electron chi connectivity index (χ1n) is 8.23. The van der Waals surface area contributed by atoms with E-state index in [4.69, 9.17) is 11.6 Å². The molecule has 1 aromatic carbocycles. The lowest BCUT2D eigenvalue weighted by molar-refractivity contribution is 0.295. The fourth-order valence-electron chi connectivity index (χ4n) is 2.34. The van der Waals surface area contributed by atoms with E-state index < -0.39 is 0 Å². The highest BCUT2D eigenvalue weighted by Crippen LogP contribution is 2.10. The molecule has 0 aliphatic carbocycles. The van der Waals surface area contributed by atoms with Gasteiger partial charge in [-0.2, -0.15) is 0 Å². The van der Waals surface area contributed by atoms with Crippen molar-refractivity contribution in [1.82, 2.24) is 4.90 Å². The first kappa shape index (κ1) is 18.8. The molecular formula is C19H29ClN2. The normalized spacial score (nSPS) is 11.9. The van der Waals surface area contributed by atoms with Gasteiger partial charge in [-0.05, 0) is 63.7 Å². The number of rotatable bonds is 8. The van der Waals surface area contributed by atoms with Crippen molar-refractivity contribution in [3.63, 3.8) is 0 Å². The van der Waals surface area contributed by atoms with Crippen LogP contribution >= 0.6 is 11.6 Å². The summed E-state index contributed by atoms with van der Waals surface area (Å²) >= 11 is 6.04. The second-order valence-corrected chi connectivity index (χ2v) is 5.93. The Kier molecular flexibility index (Phi) is 9.69. The van der Waals surface area contributed by atoms with Crippen LogP contribution in [0.2, 0.25) is 5.02 Å². The Bertz CT molecular complexity index is 471. The lowest BCUT2D eigenvalue weighted by Gasteiger charge is -2.20. The van der Waals surface area contributed by atoms with Crippen LogP contribution in [0, 0.1) is 0 Å². The Morgan fingerprint density at radius 2 is 1.64 bits per heavy atom. The molecule has 22 heavy (non-hydrogen) atoms. The molecule has 0 saturated carbocycles. The van der Waals surface area contributed by atoms with Crippen LogP contribution < -0.4 is 5.32 Å². The van der Waals surface area contributed by atoms with E-state index in [1.54, 1.807) is 0 Å². The summed E-state index contributed by atoms with van der Waals surface area (Å²) in [5.41, 5.74) is 1.11. The van der Waals surface area contributed by atoms with E-state index in [2.05, 4.69) is 43.1 Å². The predicted molar refractivity (Wildman–Crippen MR) is 99.2 cm³/mol. The summed E-state index contributed by atoms with van der Waals surface area (Å²) in [6.45, 7) is 10.1. The Labute approximate surface area is 140 Å². The molecule has 0 bridgehead atoms. The van der Waals surface area contributed by atoms with Gasteiger partial charge in [-0.15, -0.1) is 0 Å². The van der Waals surface area contributed by atoms with Crippen molar-refractivity contribution in [3.8, 4) is 0 Å². The summed E-state index contributed by atoms with van der Waals surface area (Å²) in [5.74, 6) is 0. The smallest absolute Gasteiger partial charge is 0.0405 e. The van der Waals surface area contributed by atoms with E-state index in [1.807, 2.05) is 36.4 Å². The average molecular weight is 321 g/mol. The van der Waals surface area contributed by atoms with Crippen molar-refractivity contribution in [3.05, 3.63) is 53.6 Å². The first-order chi connectivity index (χ1) is 10.7. The topological polar surface area (TPSA) is 15.3 Å². The Hall–Kier alpha value is -1.25. The third kappa shape index (κ3) is 8.26. The summed E-state index contributed by atoms with van der Waals surface area (Å²) in [5, 5.41) is 4.30. The molecule has 0 fully saturated rings. The summed E-state index contributed by atoms with van der Waals surface area (Å²) in [6.07, 6.45) is 2.39. The van der Waals surface area contributed by atoms with Gasteiger partial charge >= 0.3 is 0 Å². The van der Waals surface area contributed by atoms with Crippen molar-refractivity contribution in [1.29, 1.82) is 0 Å². The third-order valence-electron chi connectivity index (χ3n) is 3.70. The lowest BCUT2D eigenvalue weighted by atomic mass is 10.1. The molecule has 3 heteroatoms. The van der Waals surface area contributed by atoms with E-state index in [9.17, 15) is 0 Å². The number of halogens is 1. The fourth-order valence-corrected chi connectivity index (χ4v) is 2.48. The van der Waals surface area contributed by atoms with Gasteiger partial charge in [0.15, 0.2) is 0 Å². The highest BCUT2D eigenvalue weighted by Gasteiger charge is 2.03. The molecule has 1 rings (SSSR count). The zero-order chi connectivity index (χ0) is 16.2. The second kappa shape index (κ2) is 11.3. The molecule has 122 valence electrons. The Balaban J connectivity index is 2.56. The monoisotopic (exact) mass is 320 g/mol. The standard InChI is InChI=1S/C19H29ClN2/c1-4-22(5-2)16-10-11-17(3)21-19-14-8-6-7-12-18(20)13-9-15-19/h6-9,12-15,17,21H,4-5,10-11,16H2,1-3H3/t17-/m1/s1. The SMILES string of the molecule is CCN(CC)CCC[C@@H](C)Nc1cccccc(Cl)ccc1. The molecule has 0 aliphatic rings. The van der Waals surface area contributed by atoms with Crippen LogP contribution in [-0.4, -0.2) is 30.6 Å². The molecular weight excluding hydrogens is 292 g/mol. The highest BCUT2D eigenvalue weighted by molar-refractivity contribution is 6.30. The maximum Gasteiger partial charge on any atom is 0.0405 e. The average Bonchev–Trinajstić information content (AvgIpc) is 2.51. The van der Waals surface area contributed by atoms with Crippen molar-refractivity contribution >= 4 is 17.3 Å². The van der Waals surface area contributed by atoms with Gasteiger partial charge in [-0.1, -0.05) is 49.7 Å². The van der Waals surface area contributed by atoms with E-state index in [-0.39, 0.29) is 0 Å². The summed E-state index contributed by atoms with van der Waals surface area (Å²) in [4.78, 5) is 2.47. The van der Waals surface area contributed by atoms with Gasteiger partial charge in [-0.3, -0.25) is 0 Å². The fraction of sp³-hybridized carbons (Fsp3) is 0.474. The van der Waals surface area contributed by atoms with Crippen molar-refractivity contribution in [2.24, 2.45) is 0 Å². The number of anilines is 1. The minimum atomic E-state index is 0.456. The number of nitrogens with one attached hydrogen (secondary N) is 1. The van der Waals surface area contributed by atoms with Crippen LogP contribution in [0.1, 0.15) is 33.6 Å². The Morgan fingerprint density at radius 3 is 2.36 bits per heavy atom. The Morgan fingerprint density at radius 1 is 1.00 bits per heavy atom. The molecule has 0 aromatic heterocycles. The van der Waals surface area contributed by atoms with E-state index in [0.717, 1.165) is 23.8 Å². The zero-order valence-electron chi connectivity index (χ0n) is 14.1. The summed E-state index contributed by atoms with van der Waals surface area (Å²) < 4.78 is 0. The molecule has 0 aliphatic heterocycles. The molecule has 0 unspecified atom stereocenters.